The molecule has 0 fully saturated rings. The molecule has 0 radical (unpaired) electrons. The molecule has 0 aliphatic heterocycles. The zero-order valence-corrected chi connectivity index (χ0v) is 19.5. The van der Waals surface area contributed by atoms with E-state index in [9.17, 15) is 4.79 Å². The van der Waals surface area contributed by atoms with E-state index < -0.39 is 0 Å². The minimum atomic E-state index is -0.122. The minimum absolute atomic E-state index is 0.122. The van der Waals surface area contributed by atoms with Crippen LogP contribution in [-0.2, 0) is 0 Å². The zero-order chi connectivity index (χ0) is 23.1. The van der Waals surface area contributed by atoms with Crippen molar-refractivity contribution in [3.05, 3.63) is 69.2 Å². The summed E-state index contributed by atoms with van der Waals surface area (Å²) in [4.78, 5) is 17.9. The first kappa shape index (κ1) is 23.1. The Bertz CT molecular complexity index is 1160. The SMILES string of the molecule is COc1cccc(/C=C\c2nc(C)c(C(=O)/C=C/c3cccc(OC)c3OC)s2)c1OC. The van der Waals surface area contributed by atoms with E-state index >= 15 is 0 Å². The molecule has 0 atom stereocenters. The van der Waals surface area contributed by atoms with Crippen LogP contribution < -0.4 is 18.9 Å². The maximum Gasteiger partial charge on any atom is 0.197 e. The minimum Gasteiger partial charge on any atom is -0.493 e. The van der Waals surface area contributed by atoms with Crippen LogP contribution >= 0.6 is 11.3 Å². The molecule has 7 heteroatoms. The molecule has 1 aromatic heterocycles. The Morgan fingerprint density at radius 2 is 1.38 bits per heavy atom. The van der Waals surface area contributed by atoms with E-state index in [1.807, 2.05) is 49.4 Å². The van der Waals surface area contributed by atoms with Crippen molar-refractivity contribution in [3.63, 3.8) is 0 Å². The summed E-state index contributed by atoms with van der Waals surface area (Å²) in [5.74, 6) is 2.36. The van der Waals surface area contributed by atoms with Crippen LogP contribution in [0.25, 0.3) is 18.2 Å². The van der Waals surface area contributed by atoms with E-state index in [0.29, 0.717) is 33.6 Å². The van der Waals surface area contributed by atoms with Gasteiger partial charge in [-0.15, -0.1) is 11.3 Å². The summed E-state index contributed by atoms with van der Waals surface area (Å²) in [5.41, 5.74) is 2.30. The highest BCUT2D eigenvalue weighted by Crippen LogP contribution is 2.33. The summed E-state index contributed by atoms with van der Waals surface area (Å²) in [5, 5.41) is 0.725. The molecule has 0 aliphatic carbocycles. The molecule has 1 heterocycles. The molecular weight excluding hydrogens is 426 g/mol. The van der Waals surface area contributed by atoms with Crippen molar-refractivity contribution in [1.82, 2.24) is 4.98 Å². The van der Waals surface area contributed by atoms with Crippen molar-refractivity contribution >= 4 is 35.3 Å². The van der Waals surface area contributed by atoms with Gasteiger partial charge in [0.2, 0.25) is 0 Å². The molecule has 0 amide bonds. The first-order valence-electron chi connectivity index (χ1n) is 9.82. The van der Waals surface area contributed by atoms with Crippen LogP contribution in [0.15, 0.2) is 42.5 Å². The van der Waals surface area contributed by atoms with Gasteiger partial charge in [-0.05, 0) is 43.4 Å². The Hall–Kier alpha value is -3.58. The molecule has 0 spiro atoms. The quantitative estimate of drug-likeness (QED) is 0.314. The number of carbonyl (C=O) groups is 1. The third kappa shape index (κ3) is 5.00. The number of nitrogens with zero attached hydrogens (tertiary/aromatic N) is 1. The first-order chi connectivity index (χ1) is 15.5. The predicted molar refractivity (Wildman–Crippen MR) is 128 cm³/mol. The number of hydrogen-bond donors (Lipinski definition) is 0. The fourth-order valence-corrected chi connectivity index (χ4v) is 4.10. The molecule has 0 unspecified atom stereocenters. The molecule has 0 aliphatic rings. The molecule has 3 rings (SSSR count). The fraction of sp³-hybridized carbons (Fsp3) is 0.200. The third-order valence-corrected chi connectivity index (χ3v) is 5.86. The molecule has 0 saturated carbocycles. The molecule has 0 saturated heterocycles. The molecule has 0 bridgehead atoms. The number of aryl methyl sites for hydroxylation is 1. The lowest BCUT2D eigenvalue weighted by Gasteiger charge is -2.09. The van der Waals surface area contributed by atoms with Gasteiger partial charge in [-0.25, -0.2) is 4.98 Å². The maximum atomic E-state index is 12.8. The molecule has 2 aromatic carbocycles. The monoisotopic (exact) mass is 451 g/mol. The highest BCUT2D eigenvalue weighted by molar-refractivity contribution is 7.14. The van der Waals surface area contributed by atoms with Crippen molar-refractivity contribution in [2.45, 2.75) is 6.92 Å². The lowest BCUT2D eigenvalue weighted by molar-refractivity contribution is 0.105. The summed E-state index contributed by atoms with van der Waals surface area (Å²) in [7, 11) is 6.35. The van der Waals surface area contributed by atoms with Crippen LogP contribution in [0.4, 0.5) is 0 Å². The van der Waals surface area contributed by atoms with Gasteiger partial charge in [0.25, 0.3) is 0 Å². The maximum absolute atomic E-state index is 12.8. The Balaban J connectivity index is 1.83. The van der Waals surface area contributed by atoms with E-state index in [4.69, 9.17) is 18.9 Å². The van der Waals surface area contributed by atoms with Gasteiger partial charge >= 0.3 is 0 Å². The first-order valence-corrected chi connectivity index (χ1v) is 10.6. The number of hydrogen-bond acceptors (Lipinski definition) is 7. The molecule has 166 valence electrons. The largest absolute Gasteiger partial charge is 0.493 e. The number of methoxy groups -OCH3 is 4. The van der Waals surface area contributed by atoms with E-state index in [0.717, 1.165) is 16.1 Å². The molecule has 6 nitrogen and oxygen atoms in total. The van der Waals surface area contributed by atoms with Gasteiger partial charge in [-0.2, -0.15) is 0 Å². The Kier molecular flexibility index (Phi) is 7.68. The number of thiazole rings is 1. The number of ether oxygens (including phenoxy) is 4. The van der Waals surface area contributed by atoms with Crippen LogP contribution in [0.5, 0.6) is 23.0 Å². The van der Waals surface area contributed by atoms with Crippen LogP contribution in [-0.4, -0.2) is 39.2 Å². The van der Waals surface area contributed by atoms with E-state index in [-0.39, 0.29) is 5.78 Å². The predicted octanol–water partition coefficient (Wildman–Crippen LogP) is 5.55. The summed E-state index contributed by atoms with van der Waals surface area (Å²) >= 11 is 1.34. The second-order valence-corrected chi connectivity index (χ2v) is 7.69. The fourth-order valence-electron chi connectivity index (χ4n) is 3.21. The van der Waals surface area contributed by atoms with Crippen molar-refractivity contribution in [1.29, 1.82) is 0 Å². The van der Waals surface area contributed by atoms with Gasteiger partial charge in [0.05, 0.1) is 39.0 Å². The van der Waals surface area contributed by atoms with Crippen LogP contribution in [0.3, 0.4) is 0 Å². The van der Waals surface area contributed by atoms with Crippen molar-refractivity contribution in [2.75, 3.05) is 28.4 Å². The van der Waals surface area contributed by atoms with E-state index in [1.165, 1.54) is 17.4 Å². The molecular formula is C25H25NO5S. The summed E-state index contributed by atoms with van der Waals surface area (Å²) in [6.07, 6.45) is 7.00. The number of benzene rings is 2. The average molecular weight is 452 g/mol. The van der Waals surface area contributed by atoms with Gasteiger partial charge in [0.15, 0.2) is 28.8 Å². The normalized spacial score (nSPS) is 11.2. The Morgan fingerprint density at radius 3 is 1.91 bits per heavy atom. The number of para-hydroxylation sites is 2. The smallest absolute Gasteiger partial charge is 0.197 e. The van der Waals surface area contributed by atoms with Gasteiger partial charge in [-0.3, -0.25) is 4.79 Å². The molecule has 0 N–H and O–H groups in total. The number of ketones is 1. The van der Waals surface area contributed by atoms with Gasteiger partial charge < -0.3 is 18.9 Å². The third-order valence-electron chi connectivity index (χ3n) is 4.72. The van der Waals surface area contributed by atoms with Crippen molar-refractivity contribution in [2.24, 2.45) is 0 Å². The Morgan fingerprint density at radius 1 is 0.812 bits per heavy atom. The zero-order valence-electron chi connectivity index (χ0n) is 18.7. The standard InChI is InChI=1S/C25H25NO5S/c1-16-25(19(27)14-12-17-8-6-10-20(28-2)23(17)30-4)32-22(26-16)15-13-18-9-7-11-21(29-3)24(18)31-5/h6-15H,1-5H3/b14-12+,15-13-. The summed E-state index contributed by atoms with van der Waals surface area (Å²) < 4.78 is 21.5. The van der Waals surface area contributed by atoms with E-state index in [1.54, 1.807) is 40.6 Å². The van der Waals surface area contributed by atoms with Crippen molar-refractivity contribution < 1.29 is 23.7 Å². The number of allylic oxidation sites excluding steroid dienone is 1. The lowest BCUT2D eigenvalue weighted by Crippen LogP contribution is -1.95. The average Bonchev–Trinajstić information content (AvgIpc) is 3.20. The summed E-state index contributed by atoms with van der Waals surface area (Å²) in [6.45, 7) is 1.83. The van der Waals surface area contributed by atoms with Crippen LogP contribution in [0, 0.1) is 6.92 Å². The number of carbonyl (C=O) groups excluding carboxylic acids is 1. The van der Waals surface area contributed by atoms with Crippen LogP contribution in [0.2, 0.25) is 0 Å². The van der Waals surface area contributed by atoms with E-state index in [2.05, 4.69) is 4.98 Å². The highest BCUT2D eigenvalue weighted by atomic mass is 32.1. The number of rotatable bonds is 9. The van der Waals surface area contributed by atoms with Gasteiger partial charge in [-0.1, -0.05) is 24.3 Å². The lowest BCUT2D eigenvalue weighted by atomic mass is 10.1. The second kappa shape index (κ2) is 10.6. The molecule has 32 heavy (non-hydrogen) atoms. The van der Waals surface area contributed by atoms with Crippen molar-refractivity contribution in [3.8, 4) is 23.0 Å². The van der Waals surface area contributed by atoms with Crippen LogP contribution in [0.1, 0.15) is 31.5 Å². The van der Waals surface area contributed by atoms with Gasteiger partial charge in [0.1, 0.15) is 5.01 Å². The Labute approximate surface area is 191 Å². The number of aromatic nitrogens is 1. The topological polar surface area (TPSA) is 66.9 Å². The van der Waals surface area contributed by atoms with Gasteiger partial charge in [0, 0.05) is 11.1 Å². The molecule has 3 aromatic rings. The summed E-state index contributed by atoms with van der Waals surface area (Å²) in [6, 6.07) is 11.2. The highest BCUT2D eigenvalue weighted by Gasteiger charge is 2.14. The second-order valence-electron chi connectivity index (χ2n) is 6.66.